The van der Waals surface area contributed by atoms with E-state index >= 15 is 0 Å². The minimum Gasteiger partial charge on any atom is -0.310 e. The van der Waals surface area contributed by atoms with Crippen LogP contribution in [0.3, 0.4) is 0 Å². The molecule has 1 aromatic heterocycles. The molecule has 0 saturated carbocycles. The molecule has 1 heterocycles. The van der Waals surface area contributed by atoms with Crippen molar-refractivity contribution in [2.75, 3.05) is 4.90 Å². The summed E-state index contributed by atoms with van der Waals surface area (Å²) in [4.78, 5) is 2.46. The number of anilines is 3. The number of rotatable bonds is 8. The highest BCUT2D eigenvalue weighted by Gasteiger charge is 2.53. The first kappa shape index (κ1) is 36.6. The zero-order valence-electron chi connectivity index (χ0n) is 34.7. The smallest absolute Gasteiger partial charge is 0.0746 e. The summed E-state index contributed by atoms with van der Waals surface area (Å²) in [6.45, 7) is 8.05. The largest absolute Gasteiger partial charge is 0.310 e. The Morgan fingerprint density at radius 2 is 1.00 bits per heavy atom. The van der Waals surface area contributed by atoms with Crippen molar-refractivity contribution in [1.82, 2.24) is 4.57 Å². The number of hydrogen-bond donors (Lipinski definition) is 0. The van der Waals surface area contributed by atoms with E-state index in [1.165, 1.54) is 77.4 Å². The average molecular weight is 803 g/mol. The van der Waals surface area contributed by atoms with Crippen molar-refractivity contribution in [3.05, 3.63) is 272 Å². The van der Waals surface area contributed by atoms with Crippen LogP contribution in [0.2, 0.25) is 0 Å². The van der Waals surface area contributed by atoms with Gasteiger partial charge in [0.05, 0.1) is 22.1 Å². The quantitative estimate of drug-likeness (QED) is 0.139. The van der Waals surface area contributed by atoms with Crippen LogP contribution in [0.15, 0.2) is 244 Å². The van der Waals surface area contributed by atoms with Crippen LogP contribution in [-0.4, -0.2) is 4.57 Å². The second-order valence-electron chi connectivity index (χ2n) is 16.5. The molecule has 2 aliphatic rings. The van der Waals surface area contributed by atoms with Crippen molar-refractivity contribution in [2.45, 2.75) is 5.41 Å². The molecule has 2 aliphatic carbocycles. The van der Waals surface area contributed by atoms with E-state index in [0.29, 0.717) is 0 Å². The number of benzene rings is 9. The molecule has 0 saturated heterocycles. The zero-order valence-corrected chi connectivity index (χ0v) is 34.7. The molecule has 1 spiro atoms. The average Bonchev–Trinajstić information content (AvgIpc) is 3.96. The molecule has 0 bridgehead atoms. The summed E-state index contributed by atoms with van der Waals surface area (Å²) in [5, 5.41) is 2.49. The number of allylic oxidation sites excluding steroid dienone is 4. The molecule has 0 unspecified atom stereocenters. The first-order chi connectivity index (χ1) is 31.2. The van der Waals surface area contributed by atoms with E-state index in [1.807, 2.05) is 18.2 Å². The molecule has 10 aromatic rings. The van der Waals surface area contributed by atoms with Crippen LogP contribution < -0.4 is 4.90 Å². The third kappa shape index (κ3) is 5.38. The van der Waals surface area contributed by atoms with Gasteiger partial charge in [-0.15, -0.1) is 0 Å². The maximum atomic E-state index is 4.10. The van der Waals surface area contributed by atoms with Crippen LogP contribution in [0.4, 0.5) is 17.1 Å². The Labute approximate surface area is 368 Å². The van der Waals surface area contributed by atoms with Gasteiger partial charge in [-0.2, -0.15) is 0 Å². The van der Waals surface area contributed by atoms with Gasteiger partial charge in [-0.3, -0.25) is 0 Å². The summed E-state index contributed by atoms with van der Waals surface area (Å²) >= 11 is 0. The lowest BCUT2D eigenvalue weighted by atomic mass is 9.70. The Morgan fingerprint density at radius 3 is 1.65 bits per heavy atom. The highest BCUT2D eigenvalue weighted by molar-refractivity contribution is 6.10. The standard InChI is InChI=1S/C61H42N2/c1-3-17-41(4-2)42-30-35-46(36-31-42)62(47-37-32-43(33-38-47)44-34-39-58-53(40-44)51-23-11-15-28-57(51)63(58)45-18-6-5-7-19-45)59-29-16-24-52-50-22-10-14-27-56(50)61(60(52)59)54-25-12-8-20-48(54)49-21-9-13-26-55(49)61/h3-40H,1-2H2/b41-17+. The molecule has 296 valence electrons. The number of aromatic nitrogens is 1. The predicted octanol–water partition coefficient (Wildman–Crippen LogP) is 16.0. The molecule has 12 rings (SSSR count). The van der Waals surface area contributed by atoms with Gasteiger partial charge in [0.1, 0.15) is 0 Å². The molecule has 0 radical (unpaired) electrons. The van der Waals surface area contributed by atoms with Gasteiger partial charge in [0.25, 0.3) is 0 Å². The Hall–Kier alpha value is -8.20. The maximum Gasteiger partial charge on any atom is 0.0746 e. The fraction of sp³-hybridized carbons (Fsp3) is 0.0164. The molecular weight excluding hydrogens is 761 g/mol. The van der Waals surface area contributed by atoms with Gasteiger partial charge in [0.15, 0.2) is 0 Å². The Morgan fingerprint density at radius 1 is 0.460 bits per heavy atom. The molecule has 9 aromatic carbocycles. The lowest BCUT2D eigenvalue weighted by Crippen LogP contribution is -2.28. The molecule has 0 N–H and O–H groups in total. The summed E-state index contributed by atoms with van der Waals surface area (Å²) in [5.74, 6) is 0. The van der Waals surface area contributed by atoms with E-state index in [4.69, 9.17) is 0 Å². The summed E-state index contributed by atoms with van der Waals surface area (Å²) in [7, 11) is 0. The van der Waals surface area contributed by atoms with E-state index in [9.17, 15) is 0 Å². The molecule has 63 heavy (non-hydrogen) atoms. The number of para-hydroxylation sites is 2. The maximum absolute atomic E-state index is 4.10. The van der Waals surface area contributed by atoms with Crippen molar-refractivity contribution >= 4 is 44.4 Å². The fourth-order valence-electron chi connectivity index (χ4n) is 10.8. The number of hydrogen-bond acceptors (Lipinski definition) is 1. The van der Waals surface area contributed by atoms with Gasteiger partial charge in [-0.1, -0.05) is 183 Å². The SMILES string of the molecule is C=C/C=C(\C=C)c1ccc(N(c2ccc(-c3ccc4c(c3)c3ccccc3n4-c3ccccc3)cc2)c2cccc3c2C2(c4ccccc4-c4ccccc42)c2ccccc2-3)cc1. The number of fused-ring (bicyclic) bond motifs is 13. The lowest BCUT2D eigenvalue weighted by Gasteiger charge is -2.36. The predicted molar refractivity (Wildman–Crippen MR) is 266 cm³/mol. The molecular formula is C61H42N2. The number of nitrogens with zero attached hydrogens (tertiary/aromatic N) is 2. The summed E-state index contributed by atoms with van der Waals surface area (Å²) in [5.41, 5.74) is 21.2. The summed E-state index contributed by atoms with van der Waals surface area (Å²) < 4.78 is 2.37. The molecule has 2 heteroatoms. The highest BCUT2D eigenvalue weighted by atomic mass is 15.1. The Bertz CT molecular complexity index is 3410. The van der Waals surface area contributed by atoms with Crippen LogP contribution in [0.1, 0.15) is 27.8 Å². The second kappa shape index (κ2) is 14.5. The van der Waals surface area contributed by atoms with Crippen LogP contribution in [-0.2, 0) is 5.41 Å². The molecule has 0 amide bonds. The monoisotopic (exact) mass is 802 g/mol. The summed E-state index contributed by atoms with van der Waals surface area (Å²) in [6, 6.07) is 78.3. The van der Waals surface area contributed by atoms with E-state index in [1.54, 1.807) is 0 Å². The molecule has 0 fully saturated rings. The molecule has 2 nitrogen and oxygen atoms in total. The third-order valence-electron chi connectivity index (χ3n) is 13.4. The Balaban J connectivity index is 1.06. The van der Waals surface area contributed by atoms with Gasteiger partial charge in [-0.25, -0.2) is 0 Å². The second-order valence-corrected chi connectivity index (χ2v) is 16.5. The Kier molecular flexibility index (Phi) is 8.42. The third-order valence-corrected chi connectivity index (χ3v) is 13.4. The molecule has 0 aliphatic heterocycles. The fourth-order valence-corrected chi connectivity index (χ4v) is 10.8. The van der Waals surface area contributed by atoms with Crippen molar-refractivity contribution in [3.8, 4) is 39.1 Å². The van der Waals surface area contributed by atoms with Crippen LogP contribution in [0.25, 0.3) is 66.4 Å². The van der Waals surface area contributed by atoms with Gasteiger partial charge >= 0.3 is 0 Å². The van der Waals surface area contributed by atoms with Crippen molar-refractivity contribution < 1.29 is 0 Å². The zero-order chi connectivity index (χ0) is 42.1. The van der Waals surface area contributed by atoms with E-state index in [2.05, 4.69) is 235 Å². The minimum absolute atomic E-state index is 0.509. The van der Waals surface area contributed by atoms with Crippen LogP contribution in [0, 0.1) is 0 Å². The van der Waals surface area contributed by atoms with Gasteiger partial charge in [0, 0.05) is 33.4 Å². The van der Waals surface area contributed by atoms with E-state index in [0.717, 1.165) is 33.9 Å². The van der Waals surface area contributed by atoms with Crippen molar-refractivity contribution in [2.24, 2.45) is 0 Å². The van der Waals surface area contributed by atoms with Gasteiger partial charge < -0.3 is 9.47 Å². The first-order valence-corrected chi connectivity index (χ1v) is 21.7. The topological polar surface area (TPSA) is 8.17 Å². The first-order valence-electron chi connectivity index (χ1n) is 21.7. The van der Waals surface area contributed by atoms with Crippen molar-refractivity contribution in [1.29, 1.82) is 0 Å². The molecule has 0 atom stereocenters. The lowest BCUT2D eigenvalue weighted by molar-refractivity contribution is 0.793. The highest BCUT2D eigenvalue weighted by Crippen LogP contribution is 2.65. The van der Waals surface area contributed by atoms with E-state index < -0.39 is 5.41 Å². The van der Waals surface area contributed by atoms with Crippen LogP contribution in [0.5, 0.6) is 0 Å². The van der Waals surface area contributed by atoms with Gasteiger partial charge in [0.2, 0.25) is 0 Å². The van der Waals surface area contributed by atoms with Gasteiger partial charge in [-0.05, 0) is 122 Å². The minimum atomic E-state index is -0.509. The van der Waals surface area contributed by atoms with Crippen LogP contribution >= 0.6 is 0 Å². The normalized spacial score (nSPS) is 13.1. The van der Waals surface area contributed by atoms with Crippen molar-refractivity contribution in [3.63, 3.8) is 0 Å². The summed E-state index contributed by atoms with van der Waals surface area (Å²) in [6.07, 6.45) is 5.72. The van der Waals surface area contributed by atoms with E-state index in [-0.39, 0.29) is 0 Å².